The molecule has 0 nitrogen and oxygen atoms in total. The Balaban J connectivity index is 1.96. The third-order valence-electron chi connectivity index (χ3n) is 6.26. The molecule has 0 aliphatic rings. The highest BCUT2D eigenvalue weighted by molar-refractivity contribution is 5.18. The maximum absolute atomic E-state index is 2.48. The van der Waals surface area contributed by atoms with Crippen molar-refractivity contribution in [3.05, 3.63) is 41.8 Å². The van der Waals surface area contributed by atoms with E-state index in [1.807, 2.05) is 0 Å². The second-order valence-electron chi connectivity index (χ2n) is 9.92. The van der Waals surface area contributed by atoms with Gasteiger partial charge in [-0.3, -0.25) is 0 Å². The van der Waals surface area contributed by atoms with Crippen LogP contribution in [0.4, 0.5) is 0 Å². The van der Waals surface area contributed by atoms with E-state index < -0.39 is 0 Å². The van der Waals surface area contributed by atoms with Crippen LogP contribution >= 0.6 is 0 Å². The summed E-state index contributed by atoms with van der Waals surface area (Å²) in [6, 6.07) is 10.9. The van der Waals surface area contributed by atoms with Crippen LogP contribution in [0.15, 0.2) is 30.3 Å². The first-order valence-corrected chi connectivity index (χ1v) is 12.4. The van der Waals surface area contributed by atoms with Crippen molar-refractivity contribution < 1.29 is 0 Å². The summed E-state index contributed by atoms with van der Waals surface area (Å²) in [4.78, 5) is 0. The minimum absolute atomic E-state index is 0.520. The van der Waals surface area contributed by atoms with Crippen LogP contribution in [0.5, 0.6) is 0 Å². The maximum atomic E-state index is 2.48. The van der Waals surface area contributed by atoms with Gasteiger partial charge in [-0.15, -0.1) is 0 Å². The van der Waals surface area contributed by atoms with Crippen molar-refractivity contribution in [3.8, 4) is 0 Å². The molecule has 1 rings (SSSR count). The van der Waals surface area contributed by atoms with Gasteiger partial charge in [-0.25, -0.2) is 0 Å². The Kier molecular flexibility index (Phi) is 14.5. The minimum Gasteiger partial charge on any atom is -0.0654 e. The fraction of sp³-hybridized carbons (Fsp3) is 0.750. The first-order chi connectivity index (χ1) is 13.5. The fourth-order valence-electron chi connectivity index (χ4n) is 4.29. The van der Waals surface area contributed by atoms with Gasteiger partial charge < -0.3 is 0 Å². The van der Waals surface area contributed by atoms with Gasteiger partial charge in [-0.2, -0.15) is 0 Å². The summed E-state index contributed by atoms with van der Waals surface area (Å²) in [7, 11) is 0. The molecule has 0 unspecified atom stereocenters. The predicted molar refractivity (Wildman–Crippen MR) is 128 cm³/mol. The van der Waals surface area contributed by atoms with E-state index in [9.17, 15) is 0 Å². The van der Waals surface area contributed by atoms with E-state index in [1.54, 1.807) is 5.92 Å². The molecular weight excluding hydrogens is 336 g/mol. The van der Waals surface area contributed by atoms with E-state index in [2.05, 4.69) is 58.0 Å². The van der Waals surface area contributed by atoms with E-state index in [1.165, 1.54) is 102 Å². The van der Waals surface area contributed by atoms with Gasteiger partial charge in [0.1, 0.15) is 0 Å². The lowest BCUT2D eigenvalue weighted by atomic mass is 9.81. The van der Waals surface area contributed by atoms with Crippen molar-refractivity contribution in [1.29, 1.82) is 0 Å². The highest BCUT2D eigenvalue weighted by Crippen LogP contribution is 2.31. The number of hydrogen-bond acceptors (Lipinski definition) is 0. The highest BCUT2D eigenvalue weighted by atomic mass is 14.2. The molecule has 0 heteroatoms. The van der Waals surface area contributed by atoms with E-state index in [4.69, 9.17) is 0 Å². The lowest BCUT2D eigenvalue weighted by Gasteiger charge is -2.25. The topological polar surface area (TPSA) is 0 Å². The maximum Gasteiger partial charge on any atom is -0.0219 e. The molecule has 1 radical (unpaired) electrons. The summed E-state index contributed by atoms with van der Waals surface area (Å²) in [5.41, 5.74) is 1.98. The van der Waals surface area contributed by atoms with Gasteiger partial charge in [0.15, 0.2) is 0 Å². The molecule has 0 amide bonds. The summed E-state index contributed by atoms with van der Waals surface area (Å²) in [5.74, 6) is 1.64. The molecule has 0 saturated heterocycles. The lowest BCUT2D eigenvalue weighted by molar-refractivity contribution is 0.284. The zero-order valence-electron chi connectivity index (χ0n) is 19.7. The summed E-state index contributed by atoms with van der Waals surface area (Å²) in [6.07, 6.45) is 22.5. The molecule has 0 heterocycles. The number of rotatable bonds is 18. The Bertz CT molecular complexity index is 444. The second kappa shape index (κ2) is 16.1. The molecule has 0 fully saturated rings. The molecule has 28 heavy (non-hydrogen) atoms. The summed E-state index contributed by atoms with van der Waals surface area (Å²) < 4.78 is 0. The van der Waals surface area contributed by atoms with Crippen molar-refractivity contribution in [1.82, 2.24) is 0 Å². The molecule has 0 atom stereocenters. The largest absolute Gasteiger partial charge is 0.0654 e. The molecule has 0 aromatic heterocycles. The first kappa shape index (κ1) is 25.3. The predicted octanol–water partition coefficient (Wildman–Crippen LogP) is 9.72. The SMILES string of the molecule is CCCCCCCCCCCCCC(C)(C)CCC[C](C)Cc1ccccc1. The van der Waals surface area contributed by atoms with Gasteiger partial charge in [0.05, 0.1) is 0 Å². The summed E-state index contributed by atoms with van der Waals surface area (Å²) in [6.45, 7) is 9.60. The van der Waals surface area contributed by atoms with Crippen molar-refractivity contribution in [2.45, 2.75) is 130 Å². The van der Waals surface area contributed by atoms with E-state index in [0.29, 0.717) is 5.41 Å². The smallest absolute Gasteiger partial charge is 0.0219 e. The van der Waals surface area contributed by atoms with Crippen molar-refractivity contribution >= 4 is 0 Å². The summed E-state index contributed by atoms with van der Waals surface area (Å²) in [5, 5.41) is 0. The van der Waals surface area contributed by atoms with Crippen LogP contribution in [0.3, 0.4) is 0 Å². The molecule has 161 valence electrons. The van der Waals surface area contributed by atoms with Crippen LogP contribution in [0, 0.1) is 11.3 Å². The number of unbranched alkanes of at least 4 members (excludes halogenated alkanes) is 10. The Morgan fingerprint density at radius 2 is 1.18 bits per heavy atom. The lowest BCUT2D eigenvalue weighted by Crippen LogP contribution is -2.11. The van der Waals surface area contributed by atoms with Crippen molar-refractivity contribution in [2.75, 3.05) is 0 Å². The zero-order valence-corrected chi connectivity index (χ0v) is 19.7. The zero-order chi connectivity index (χ0) is 20.5. The van der Waals surface area contributed by atoms with E-state index in [-0.39, 0.29) is 0 Å². The van der Waals surface area contributed by atoms with Crippen LogP contribution in [0.25, 0.3) is 0 Å². The van der Waals surface area contributed by atoms with Crippen LogP contribution < -0.4 is 0 Å². The third kappa shape index (κ3) is 14.3. The molecule has 0 saturated carbocycles. The van der Waals surface area contributed by atoms with Gasteiger partial charge in [-0.1, -0.05) is 135 Å². The normalized spacial score (nSPS) is 12.0. The number of benzene rings is 1. The molecule has 1 aromatic carbocycles. The fourth-order valence-corrected chi connectivity index (χ4v) is 4.29. The standard InChI is InChI=1S/C28H49/c1-5-6-7-8-9-10-11-12-13-14-18-23-28(3,4)24-19-20-26(2)25-27-21-16-15-17-22-27/h15-17,21-22H,5-14,18-20,23-25H2,1-4H3. The Morgan fingerprint density at radius 3 is 1.75 bits per heavy atom. The number of hydrogen-bond donors (Lipinski definition) is 0. The van der Waals surface area contributed by atoms with Gasteiger partial charge in [0, 0.05) is 0 Å². The minimum atomic E-state index is 0.520. The monoisotopic (exact) mass is 385 g/mol. The van der Waals surface area contributed by atoms with Crippen LogP contribution in [0.1, 0.15) is 130 Å². The van der Waals surface area contributed by atoms with Gasteiger partial charge >= 0.3 is 0 Å². The van der Waals surface area contributed by atoms with Crippen molar-refractivity contribution in [3.63, 3.8) is 0 Å². The van der Waals surface area contributed by atoms with Crippen LogP contribution in [0.2, 0.25) is 0 Å². The second-order valence-corrected chi connectivity index (χ2v) is 9.92. The average Bonchev–Trinajstić information content (AvgIpc) is 2.66. The molecule has 0 bridgehead atoms. The van der Waals surface area contributed by atoms with Gasteiger partial charge in [0.2, 0.25) is 0 Å². The highest BCUT2D eigenvalue weighted by Gasteiger charge is 2.17. The molecule has 0 aliphatic heterocycles. The quantitative estimate of drug-likeness (QED) is 0.220. The molecule has 0 spiro atoms. The molecule has 1 aromatic rings. The summed E-state index contributed by atoms with van der Waals surface area (Å²) >= 11 is 0. The first-order valence-electron chi connectivity index (χ1n) is 12.4. The molecular formula is C28H49. The Hall–Kier alpha value is -0.780. The third-order valence-corrected chi connectivity index (χ3v) is 6.26. The van der Waals surface area contributed by atoms with Crippen molar-refractivity contribution in [2.24, 2.45) is 5.41 Å². The average molecular weight is 386 g/mol. The Morgan fingerprint density at radius 1 is 0.679 bits per heavy atom. The molecule has 0 N–H and O–H groups in total. The Labute approximate surface area is 177 Å². The van der Waals surface area contributed by atoms with Crippen LogP contribution in [-0.4, -0.2) is 0 Å². The van der Waals surface area contributed by atoms with E-state index >= 15 is 0 Å². The van der Waals surface area contributed by atoms with E-state index in [0.717, 1.165) is 6.42 Å². The molecule has 0 aliphatic carbocycles. The van der Waals surface area contributed by atoms with Gasteiger partial charge in [-0.05, 0) is 42.6 Å². The van der Waals surface area contributed by atoms with Gasteiger partial charge in [0.25, 0.3) is 0 Å². The van der Waals surface area contributed by atoms with Crippen LogP contribution in [-0.2, 0) is 6.42 Å².